The molecule has 0 saturated carbocycles. The molecule has 0 aliphatic carbocycles. The predicted molar refractivity (Wildman–Crippen MR) is 207 cm³/mol. The Morgan fingerprint density at radius 3 is 1.81 bits per heavy atom. The minimum absolute atomic E-state index is 0.0193. The summed E-state index contributed by atoms with van der Waals surface area (Å²) in [7, 11) is 3.91. The van der Waals surface area contributed by atoms with Crippen LogP contribution in [0.5, 0.6) is 0 Å². The highest BCUT2D eigenvalue weighted by atomic mass is 19.1. The lowest BCUT2D eigenvalue weighted by atomic mass is 10.0. The van der Waals surface area contributed by atoms with Gasteiger partial charge < -0.3 is 19.8 Å². The van der Waals surface area contributed by atoms with Gasteiger partial charge in [0.2, 0.25) is 11.8 Å². The van der Waals surface area contributed by atoms with Crippen molar-refractivity contribution in [2.45, 2.75) is 50.2 Å². The Balaban J connectivity index is 0.919. The van der Waals surface area contributed by atoms with Crippen LogP contribution < -0.4 is 0 Å². The number of carbonyl (C=O) groups is 2. The van der Waals surface area contributed by atoms with E-state index in [4.69, 9.17) is 4.98 Å². The molecule has 2 N–H and O–H groups in total. The van der Waals surface area contributed by atoms with Crippen molar-refractivity contribution in [2.24, 2.45) is 0 Å². The highest BCUT2D eigenvalue weighted by Crippen LogP contribution is 2.36. The van der Waals surface area contributed by atoms with Crippen LogP contribution in [-0.2, 0) is 16.0 Å². The van der Waals surface area contributed by atoms with E-state index in [1.165, 1.54) is 12.1 Å². The van der Waals surface area contributed by atoms with E-state index < -0.39 is 0 Å². The van der Waals surface area contributed by atoms with Gasteiger partial charge in [-0.05, 0) is 85.3 Å². The number of halogens is 1. The molecule has 4 aromatic carbocycles. The van der Waals surface area contributed by atoms with Gasteiger partial charge in [0.05, 0.1) is 42.3 Å². The number of amides is 2. The molecule has 10 heteroatoms. The zero-order chi connectivity index (χ0) is 37.2. The Hall–Kier alpha value is -5.87. The van der Waals surface area contributed by atoms with E-state index in [1.54, 1.807) is 12.1 Å². The normalized spacial score (nSPS) is 17.7. The highest BCUT2D eigenvalue weighted by Gasteiger charge is 2.37. The van der Waals surface area contributed by atoms with Gasteiger partial charge in [-0.25, -0.2) is 14.4 Å². The van der Waals surface area contributed by atoms with Gasteiger partial charge in [0, 0.05) is 13.1 Å². The SMILES string of the molecule is CN(C)[C@@H](C(=O)N1CCC[C@H]1c1ncc(-c2ccc(-c3ccc(-c4cnc([C@@H]5CCCN5C(=O)Cc5cccc(F)c5)[nH]4)cc3)cc2)[nH]1)c1ccccc1. The number of hydrogen-bond acceptors (Lipinski definition) is 5. The van der Waals surface area contributed by atoms with Gasteiger partial charge in [0.1, 0.15) is 23.5 Å². The summed E-state index contributed by atoms with van der Waals surface area (Å²) in [5.41, 5.74) is 7.71. The van der Waals surface area contributed by atoms with Crippen molar-refractivity contribution in [3.05, 3.63) is 144 Å². The molecule has 0 bridgehead atoms. The van der Waals surface area contributed by atoms with E-state index in [1.807, 2.05) is 71.5 Å². The Kier molecular flexibility index (Phi) is 9.93. The third-order valence-electron chi connectivity index (χ3n) is 10.8. The van der Waals surface area contributed by atoms with Crippen molar-refractivity contribution in [3.63, 3.8) is 0 Å². The molecule has 2 aromatic heterocycles. The number of H-pyrrole nitrogens is 2. The van der Waals surface area contributed by atoms with Gasteiger partial charge in [0.25, 0.3) is 0 Å². The highest BCUT2D eigenvalue weighted by molar-refractivity contribution is 5.84. The summed E-state index contributed by atoms with van der Waals surface area (Å²) in [4.78, 5) is 49.3. The molecular weight excluding hydrogens is 678 g/mol. The lowest BCUT2D eigenvalue weighted by Gasteiger charge is -2.31. The quantitative estimate of drug-likeness (QED) is 0.149. The maximum absolute atomic E-state index is 13.9. The first-order chi connectivity index (χ1) is 26.3. The molecule has 4 heterocycles. The van der Waals surface area contributed by atoms with E-state index in [-0.39, 0.29) is 42.2 Å². The van der Waals surface area contributed by atoms with Gasteiger partial charge in [-0.2, -0.15) is 0 Å². The van der Waals surface area contributed by atoms with Crippen LogP contribution in [0.3, 0.4) is 0 Å². The summed E-state index contributed by atoms with van der Waals surface area (Å²) in [6.07, 6.45) is 7.41. The molecule has 54 heavy (non-hydrogen) atoms. The number of hydrogen-bond donors (Lipinski definition) is 2. The van der Waals surface area contributed by atoms with Crippen molar-refractivity contribution in [1.29, 1.82) is 0 Å². The van der Waals surface area contributed by atoms with E-state index >= 15 is 0 Å². The molecule has 274 valence electrons. The monoisotopic (exact) mass is 721 g/mol. The van der Waals surface area contributed by atoms with Gasteiger partial charge >= 0.3 is 0 Å². The fraction of sp³-hybridized carbons (Fsp3) is 0.273. The molecule has 0 spiro atoms. The molecule has 2 fully saturated rings. The zero-order valence-corrected chi connectivity index (χ0v) is 30.6. The standard InChI is InChI=1S/C44H44FN7O2/c1-50(2)41(34-10-4-3-5-11-34)44(54)52-24-8-14-39(52)43-47-28-37(49-43)33-21-17-31(18-22-33)30-15-19-32(20-16-30)36-27-46-42(48-36)38-13-7-23-51(38)40(53)26-29-9-6-12-35(45)25-29/h3-6,9-12,15-22,25,27-28,38-39,41H,7-8,13-14,23-24,26H2,1-2H3,(H,46,48)(H,47,49)/t38-,39-,41+/m0/s1. The first kappa shape index (κ1) is 35.2. The second-order valence-corrected chi connectivity index (χ2v) is 14.5. The number of likely N-dealkylation sites (N-methyl/N-ethyl adjacent to an activating group) is 1. The molecule has 0 radical (unpaired) electrons. The molecule has 2 aliphatic rings. The minimum Gasteiger partial charge on any atom is -0.340 e. The lowest BCUT2D eigenvalue weighted by molar-refractivity contribution is -0.137. The molecule has 2 aliphatic heterocycles. The predicted octanol–water partition coefficient (Wildman–Crippen LogP) is 8.15. The van der Waals surface area contributed by atoms with Crippen LogP contribution in [0.2, 0.25) is 0 Å². The van der Waals surface area contributed by atoms with E-state index in [9.17, 15) is 14.0 Å². The number of benzene rings is 4. The van der Waals surface area contributed by atoms with Crippen molar-refractivity contribution >= 4 is 11.8 Å². The molecule has 6 aromatic rings. The Morgan fingerprint density at radius 2 is 1.26 bits per heavy atom. The molecule has 8 rings (SSSR count). The first-order valence-corrected chi connectivity index (χ1v) is 18.7. The number of likely N-dealkylation sites (tertiary alicyclic amines) is 2. The summed E-state index contributed by atoms with van der Waals surface area (Å²) in [5.74, 6) is 1.34. The van der Waals surface area contributed by atoms with Crippen LogP contribution in [0.25, 0.3) is 33.6 Å². The van der Waals surface area contributed by atoms with Gasteiger partial charge in [-0.15, -0.1) is 0 Å². The van der Waals surface area contributed by atoms with Gasteiger partial charge in [-0.1, -0.05) is 91.0 Å². The van der Waals surface area contributed by atoms with Crippen molar-refractivity contribution in [2.75, 3.05) is 27.2 Å². The molecule has 3 atom stereocenters. The molecule has 2 amide bonds. The van der Waals surface area contributed by atoms with Crippen molar-refractivity contribution < 1.29 is 14.0 Å². The van der Waals surface area contributed by atoms with E-state index in [0.717, 1.165) is 76.5 Å². The number of carbonyl (C=O) groups excluding carboxylic acids is 2. The molecular formula is C44H44FN7O2. The van der Waals surface area contributed by atoms with Crippen LogP contribution >= 0.6 is 0 Å². The van der Waals surface area contributed by atoms with Crippen molar-refractivity contribution in [1.82, 2.24) is 34.6 Å². The minimum atomic E-state index is -0.347. The Labute approximate surface area is 314 Å². The zero-order valence-electron chi connectivity index (χ0n) is 30.6. The van der Waals surface area contributed by atoms with Gasteiger partial charge in [-0.3, -0.25) is 14.5 Å². The van der Waals surface area contributed by atoms with Crippen LogP contribution in [0.1, 0.15) is 66.6 Å². The molecule has 0 unspecified atom stereocenters. The fourth-order valence-electron chi connectivity index (χ4n) is 8.03. The number of aromatic nitrogens is 4. The van der Waals surface area contributed by atoms with Crippen LogP contribution in [-0.4, -0.2) is 73.6 Å². The average molecular weight is 722 g/mol. The number of imidazole rings is 2. The topological polar surface area (TPSA) is 101 Å². The van der Waals surface area contributed by atoms with E-state index in [2.05, 4.69) is 63.5 Å². The first-order valence-electron chi connectivity index (χ1n) is 18.7. The number of nitrogens with zero attached hydrogens (tertiary/aromatic N) is 5. The third kappa shape index (κ3) is 7.21. The van der Waals surface area contributed by atoms with Crippen LogP contribution in [0.4, 0.5) is 4.39 Å². The molecule has 2 saturated heterocycles. The van der Waals surface area contributed by atoms with Gasteiger partial charge in [0.15, 0.2) is 0 Å². The Morgan fingerprint density at radius 1 is 0.722 bits per heavy atom. The number of aromatic amines is 2. The van der Waals surface area contributed by atoms with Crippen LogP contribution in [0, 0.1) is 5.82 Å². The largest absolute Gasteiger partial charge is 0.340 e. The summed E-state index contributed by atoms with van der Waals surface area (Å²) < 4.78 is 13.7. The fourth-order valence-corrected chi connectivity index (χ4v) is 8.03. The summed E-state index contributed by atoms with van der Waals surface area (Å²) in [6, 6.07) is 32.4. The Bertz CT molecular complexity index is 2230. The van der Waals surface area contributed by atoms with E-state index in [0.29, 0.717) is 18.7 Å². The third-order valence-corrected chi connectivity index (χ3v) is 10.8. The number of rotatable bonds is 10. The van der Waals surface area contributed by atoms with Crippen molar-refractivity contribution in [3.8, 4) is 33.6 Å². The average Bonchev–Trinajstić information content (AvgIpc) is 4.02. The molecule has 9 nitrogen and oxygen atoms in total. The second-order valence-electron chi connectivity index (χ2n) is 14.5. The summed E-state index contributed by atoms with van der Waals surface area (Å²) in [5, 5.41) is 0. The maximum atomic E-state index is 13.9. The summed E-state index contributed by atoms with van der Waals surface area (Å²) in [6.45, 7) is 1.38. The smallest absolute Gasteiger partial charge is 0.245 e. The number of nitrogens with one attached hydrogen (secondary N) is 2. The second kappa shape index (κ2) is 15.2. The lowest BCUT2D eigenvalue weighted by Crippen LogP contribution is -2.40. The van der Waals surface area contributed by atoms with Crippen LogP contribution in [0.15, 0.2) is 116 Å². The summed E-state index contributed by atoms with van der Waals surface area (Å²) >= 11 is 0. The maximum Gasteiger partial charge on any atom is 0.245 e.